The quantitative estimate of drug-likeness (QED) is 0.856. The second kappa shape index (κ2) is 5.64. The van der Waals surface area contributed by atoms with E-state index in [2.05, 4.69) is 0 Å². The van der Waals surface area contributed by atoms with Crippen molar-refractivity contribution in [1.82, 2.24) is 0 Å². The number of hydrogen-bond acceptors (Lipinski definition) is 4. The molecule has 7 nitrogen and oxygen atoms in total. The Kier molecular flexibility index (Phi) is 3.76. The molecular formula is C16H14N2O5S. The minimum absolute atomic E-state index is 0.0374. The number of fused-ring (bicyclic) bond motifs is 1. The van der Waals surface area contributed by atoms with Crippen LogP contribution in [0.5, 0.6) is 0 Å². The van der Waals surface area contributed by atoms with Gasteiger partial charge in [0, 0.05) is 12.0 Å². The van der Waals surface area contributed by atoms with E-state index in [9.17, 15) is 23.1 Å². The molecule has 1 heterocycles. The summed E-state index contributed by atoms with van der Waals surface area (Å²) in [6.07, 6.45) is 0.0836. The first-order chi connectivity index (χ1) is 11.3. The number of primary amides is 1. The minimum atomic E-state index is -4.16. The number of carboxylic acid groups (broad SMARTS) is 1. The van der Waals surface area contributed by atoms with Crippen molar-refractivity contribution in [2.45, 2.75) is 17.4 Å². The molecule has 24 heavy (non-hydrogen) atoms. The molecule has 1 aliphatic heterocycles. The molecule has 0 bridgehead atoms. The maximum Gasteiger partial charge on any atom is 0.327 e. The molecule has 2 aromatic rings. The van der Waals surface area contributed by atoms with Crippen LogP contribution in [-0.2, 0) is 21.2 Å². The van der Waals surface area contributed by atoms with E-state index >= 15 is 0 Å². The van der Waals surface area contributed by atoms with E-state index in [-0.39, 0.29) is 16.9 Å². The molecule has 3 N–H and O–H groups in total. The van der Waals surface area contributed by atoms with Gasteiger partial charge < -0.3 is 10.8 Å². The Morgan fingerprint density at radius 1 is 1.12 bits per heavy atom. The van der Waals surface area contributed by atoms with Crippen molar-refractivity contribution < 1.29 is 23.1 Å². The molecular weight excluding hydrogens is 332 g/mol. The van der Waals surface area contributed by atoms with Crippen LogP contribution in [0.1, 0.15) is 15.9 Å². The smallest absolute Gasteiger partial charge is 0.327 e. The first-order valence-corrected chi connectivity index (χ1v) is 8.51. The van der Waals surface area contributed by atoms with Gasteiger partial charge in [0.05, 0.1) is 10.6 Å². The Morgan fingerprint density at radius 3 is 2.50 bits per heavy atom. The van der Waals surface area contributed by atoms with Crippen LogP contribution in [-0.4, -0.2) is 31.4 Å². The maximum atomic E-state index is 13.0. The highest BCUT2D eigenvalue weighted by Gasteiger charge is 2.42. The number of carbonyl (C=O) groups excluding carboxylic acids is 1. The van der Waals surface area contributed by atoms with E-state index in [0.29, 0.717) is 11.3 Å². The number of rotatable bonds is 4. The number of para-hydroxylation sites is 1. The lowest BCUT2D eigenvalue weighted by atomic mass is 10.1. The molecule has 1 aliphatic rings. The Bertz CT molecular complexity index is 939. The molecule has 8 heteroatoms. The fraction of sp³-hybridized carbons (Fsp3) is 0.125. The van der Waals surface area contributed by atoms with Crippen molar-refractivity contribution >= 4 is 27.6 Å². The van der Waals surface area contributed by atoms with E-state index in [1.807, 2.05) is 0 Å². The third-order valence-corrected chi connectivity index (χ3v) is 5.70. The van der Waals surface area contributed by atoms with Crippen LogP contribution in [0.25, 0.3) is 0 Å². The monoisotopic (exact) mass is 346 g/mol. The zero-order chi connectivity index (χ0) is 17.5. The summed E-state index contributed by atoms with van der Waals surface area (Å²) in [5, 5.41) is 9.43. The van der Waals surface area contributed by atoms with Crippen LogP contribution in [0.3, 0.4) is 0 Å². The van der Waals surface area contributed by atoms with Gasteiger partial charge in [0.25, 0.3) is 10.0 Å². The lowest BCUT2D eigenvalue weighted by Gasteiger charge is -2.24. The second-order valence-corrected chi connectivity index (χ2v) is 7.19. The summed E-state index contributed by atoms with van der Waals surface area (Å²) in [4.78, 5) is 22.7. The van der Waals surface area contributed by atoms with Gasteiger partial charge in [0.15, 0.2) is 0 Å². The lowest BCUT2D eigenvalue weighted by Crippen LogP contribution is -2.42. The predicted octanol–water partition coefficient (Wildman–Crippen LogP) is 0.990. The average molecular weight is 346 g/mol. The van der Waals surface area contributed by atoms with Crippen LogP contribution in [0, 0.1) is 0 Å². The second-order valence-electron chi connectivity index (χ2n) is 5.38. The molecule has 0 saturated heterocycles. The van der Waals surface area contributed by atoms with Gasteiger partial charge in [-0.3, -0.25) is 9.10 Å². The van der Waals surface area contributed by atoms with Crippen LogP contribution in [0.2, 0.25) is 0 Å². The normalized spacial score (nSPS) is 16.7. The predicted molar refractivity (Wildman–Crippen MR) is 86.2 cm³/mol. The van der Waals surface area contributed by atoms with Crippen molar-refractivity contribution in [3.8, 4) is 0 Å². The Labute approximate surface area is 138 Å². The number of anilines is 1. The van der Waals surface area contributed by atoms with Gasteiger partial charge in [-0.05, 0) is 29.8 Å². The van der Waals surface area contributed by atoms with E-state index in [1.54, 1.807) is 24.3 Å². The molecule has 2 aromatic carbocycles. The van der Waals surface area contributed by atoms with E-state index in [4.69, 9.17) is 5.73 Å². The SMILES string of the molecule is NC(=O)c1cccc(S(=O)(=O)N2c3ccccc3CC2C(=O)O)c1. The highest BCUT2D eigenvalue weighted by Crippen LogP contribution is 2.36. The molecule has 0 radical (unpaired) electrons. The molecule has 1 amide bonds. The number of benzene rings is 2. The minimum Gasteiger partial charge on any atom is -0.480 e. The summed E-state index contributed by atoms with van der Waals surface area (Å²) in [7, 11) is -4.16. The largest absolute Gasteiger partial charge is 0.480 e. The van der Waals surface area contributed by atoms with E-state index in [1.165, 1.54) is 18.2 Å². The zero-order valence-corrected chi connectivity index (χ0v) is 13.2. The van der Waals surface area contributed by atoms with Crippen molar-refractivity contribution in [2.24, 2.45) is 5.73 Å². The number of aliphatic carboxylic acids is 1. The maximum absolute atomic E-state index is 13.0. The number of hydrogen-bond donors (Lipinski definition) is 2. The van der Waals surface area contributed by atoms with E-state index < -0.39 is 27.9 Å². The molecule has 0 fully saturated rings. The first-order valence-electron chi connectivity index (χ1n) is 7.07. The average Bonchev–Trinajstić information content (AvgIpc) is 2.95. The van der Waals surface area contributed by atoms with Crippen molar-refractivity contribution in [3.05, 3.63) is 59.7 Å². The summed E-state index contributed by atoms with van der Waals surface area (Å²) >= 11 is 0. The third-order valence-electron chi connectivity index (χ3n) is 3.89. The Hall–Kier alpha value is -2.87. The highest BCUT2D eigenvalue weighted by molar-refractivity contribution is 7.93. The van der Waals surface area contributed by atoms with Gasteiger partial charge in [-0.25, -0.2) is 13.2 Å². The third kappa shape index (κ3) is 2.50. The fourth-order valence-corrected chi connectivity index (χ4v) is 4.46. The zero-order valence-electron chi connectivity index (χ0n) is 12.4. The van der Waals surface area contributed by atoms with Crippen molar-refractivity contribution in [1.29, 1.82) is 0 Å². The van der Waals surface area contributed by atoms with Gasteiger partial charge in [0.1, 0.15) is 6.04 Å². The number of nitrogens with zero attached hydrogens (tertiary/aromatic N) is 1. The molecule has 3 rings (SSSR count). The lowest BCUT2D eigenvalue weighted by molar-refractivity contribution is -0.138. The van der Waals surface area contributed by atoms with Crippen LogP contribution in [0.4, 0.5) is 5.69 Å². The summed E-state index contributed by atoms with van der Waals surface area (Å²) in [5.74, 6) is -2.00. The molecule has 124 valence electrons. The van der Waals surface area contributed by atoms with Gasteiger partial charge in [-0.2, -0.15) is 0 Å². The van der Waals surface area contributed by atoms with E-state index in [0.717, 1.165) is 10.4 Å². The Balaban J connectivity index is 2.16. The Morgan fingerprint density at radius 2 is 1.83 bits per heavy atom. The summed E-state index contributed by atoms with van der Waals surface area (Å²) in [5.41, 5.74) is 6.19. The molecule has 1 atom stereocenters. The summed E-state index contributed by atoms with van der Waals surface area (Å²) in [6.45, 7) is 0. The van der Waals surface area contributed by atoms with Gasteiger partial charge in [-0.15, -0.1) is 0 Å². The van der Waals surface area contributed by atoms with Gasteiger partial charge in [-0.1, -0.05) is 24.3 Å². The molecule has 0 aromatic heterocycles. The molecule has 0 spiro atoms. The molecule has 1 unspecified atom stereocenters. The summed E-state index contributed by atoms with van der Waals surface area (Å²) < 4.78 is 26.9. The first kappa shape index (κ1) is 16.0. The van der Waals surface area contributed by atoms with Gasteiger partial charge >= 0.3 is 5.97 Å². The fourth-order valence-electron chi connectivity index (χ4n) is 2.77. The number of carboxylic acids is 1. The number of carbonyl (C=O) groups is 2. The van der Waals surface area contributed by atoms with Crippen LogP contribution >= 0.6 is 0 Å². The van der Waals surface area contributed by atoms with Crippen LogP contribution < -0.4 is 10.0 Å². The summed E-state index contributed by atoms with van der Waals surface area (Å²) in [6, 6.07) is 10.6. The number of amides is 1. The highest BCUT2D eigenvalue weighted by atomic mass is 32.2. The standard InChI is InChI=1S/C16H14N2O5S/c17-15(19)11-5-3-6-12(8-11)24(22,23)18-13-7-2-1-4-10(13)9-14(18)16(20)21/h1-8,14H,9H2,(H2,17,19)(H,20,21). The topological polar surface area (TPSA) is 118 Å². The number of sulfonamides is 1. The molecule has 0 aliphatic carbocycles. The van der Waals surface area contributed by atoms with Crippen molar-refractivity contribution in [2.75, 3.05) is 4.31 Å². The van der Waals surface area contributed by atoms with Gasteiger partial charge in [0.2, 0.25) is 5.91 Å². The molecule has 0 saturated carbocycles. The number of nitrogens with two attached hydrogens (primary N) is 1. The van der Waals surface area contributed by atoms with Crippen LogP contribution in [0.15, 0.2) is 53.4 Å². The van der Waals surface area contributed by atoms with Crippen molar-refractivity contribution in [3.63, 3.8) is 0 Å².